The molecule has 4 aliphatic rings. The van der Waals surface area contributed by atoms with Crippen molar-refractivity contribution in [3.05, 3.63) is 64.5 Å². The molecule has 9 heteroatoms. The molecule has 1 aromatic carbocycles. The van der Waals surface area contributed by atoms with Gasteiger partial charge < -0.3 is 19.4 Å². The van der Waals surface area contributed by atoms with Crippen LogP contribution in [0.15, 0.2) is 36.4 Å². The molecule has 0 unspecified atom stereocenters. The third kappa shape index (κ3) is 7.05. The Bertz CT molecular complexity index is 1430. The Kier molecular flexibility index (Phi) is 10.2. The number of hydrogen-bond acceptors (Lipinski definition) is 6. The van der Waals surface area contributed by atoms with Gasteiger partial charge in [-0.3, -0.25) is 9.69 Å². The summed E-state index contributed by atoms with van der Waals surface area (Å²) in [5.74, 6) is 0.566. The van der Waals surface area contributed by atoms with Crippen LogP contribution in [0.4, 0.5) is 4.79 Å². The lowest BCUT2D eigenvalue weighted by Gasteiger charge is -2.50. The Balaban J connectivity index is 1.07. The monoisotopic (exact) mass is 640 g/mol. The number of nitriles is 1. The van der Waals surface area contributed by atoms with Crippen molar-refractivity contribution in [3.63, 3.8) is 0 Å². The Morgan fingerprint density at radius 2 is 1.70 bits per heavy atom. The molecule has 252 valence electrons. The zero-order chi connectivity index (χ0) is 33.1. The van der Waals surface area contributed by atoms with Crippen molar-refractivity contribution < 1.29 is 14.3 Å². The summed E-state index contributed by atoms with van der Waals surface area (Å²) in [6.07, 6.45) is 8.61. The fourth-order valence-electron chi connectivity index (χ4n) is 8.77. The van der Waals surface area contributed by atoms with Crippen LogP contribution in [0.3, 0.4) is 0 Å². The first-order valence-electron chi connectivity index (χ1n) is 17.9. The van der Waals surface area contributed by atoms with E-state index in [1.807, 2.05) is 18.7 Å². The number of ether oxygens (including phenoxy) is 1. The van der Waals surface area contributed by atoms with Crippen LogP contribution in [-0.4, -0.2) is 100 Å². The lowest BCUT2D eigenvalue weighted by atomic mass is 9.85. The number of carbonyl (C=O) groups is 2. The molecule has 9 nitrogen and oxygen atoms in total. The van der Waals surface area contributed by atoms with E-state index >= 15 is 0 Å². The maximum Gasteiger partial charge on any atom is 0.320 e. The largest absolute Gasteiger partial charge is 0.379 e. The molecular weight excluding hydrogens is 588 g/mol. The highest BCUT2D eigenvalue weighted by molar-refractivity contribution is 5.96. The van der Waals surface area contributed by atoms with E-state index < -0.39 is 0 Å². The average Bonchev–Trinajstić information content (AvgIpc) is 3.41. The molecule has 6 rings (SSSR count). The molecule has 1 aliphatic carbocycles. The van der Waals surface area contributed by atoms with Crippen LogP contribution in [0, 0.1) is 31.1 Å². The fraction of sp³-hybridized carbons (Fsp3) is 0.632. The Morgan fingerprint density at radius 3 is 2.32 bits per heavy atom. The number of benzene rings is 1. The van der Waals surface area contributed by atoms with Gasteiger partial charge in [0.05, 0.1) is 23.4 Å². The van der Waals surface area contributed by atoms with Gasteiger partial charge in [-0.2, -0.15) is 5.26 Å². The topological polar surface area (TPSA) is 93.0 Å². The minimum Gasteiger partial charge on any atom is -0.379 e. The van der Waals surface area contributed by atoms with Crippen molar-refractivity contribution in [1.29, 1.82) is 5.26 Å². The highest BCUT2D eigenvalue weighted by Crippen LogP contribution is 2.39. The molecule has 0 radical (unpaired) electrons. The van der Waals surface area contributed by atoms with Crippen LogP contribution in [-0.2, 0) is 4.74 Å². The maximum atomic E-state index is 14.1. The van der Waals surface area contributed by atoms with E-state index in [9.17, 15) is 14.9 Å². The number of likely N-dealkylation sites (tertiary alicyclic amines) is 2. The Labute approximate surface area is 280 Å². The highest BCUT2D eigenvalue weighted by atomic mass is 16.5. The summed E-state index contributed by atoms with van der Waals surface area (Å²) in [4.78, 5) is 41.0. The first-order chi connectivity index (χ1) is 22.7. The lowest BCUT2D eigenvalue weighted by molar-refractivity contribution is 0.00486. The number of amides is 3. The molecule has 4 fully saturated rings. The van der Waals surface area contributed by atoms with Gasteiger partial charge >= 0.3 is 6.03 Å². The summed E-state index contributed by atoms with van der Waals surface area (Å²) in [5.41, 5.74) is 3.67. The van der Waals surface area contributed by atoms with Gasteiger partial charge in [0.25, 0.3) is 5.91 Å². The molecular formula is C38H52N6O3. The minimum absolute atomic E-state index is 0.0177. The second kappa shape index (κ2) is 14.3. The molecule has 4 heterocycles. The standard InChI is InChI=1S/C38H52N6O3/c1-5-47-33-13-11-29(12-14-33)25-42-26-34(30-9-7-6-8-10-30)44(37(42)46)32-15-19-43(20-16-32)38(4)17-21-41(22-18-38)36(45)35-27(2)23-31(24-39)40-28(35)3/h6-10,23,29,32-34H,5,11-22,25-26H2,1-4H3/t29?,33?,34-/m0/s1. The van der Waals surface area contributed by atoms with Crippen molar-refractivity contribution in [1.82, 2.24) is 24.6 Å². The predicted octanol–water partition coefficient (Wildman–Crippen LogP) is 6.10. The number of piperidine rings is 2. The second-order valence-electron chi connectivity index (χ2n) is 14.5. The molecule has 3 saturated heterocycles. The average molecular weight is 641 g/mol. The van der Waals surface area contributed by atoms with Gasteiger partial charge in [0.1, 0.15) is 11.8 Å². The summed E-state index contributed by atoms with van der Waals surface area (Å²) in [6.45, 7) is 13.9. The van der Waals surface area contributed by atoms with E-state index in [1.54, 1.807) is 6.07 Å². The third-order valence-electron chi connectivity index (χ3n) is 11.6. The normalized spacial score (nSPS) is 25.6. The second-order valence-corrected chi connectivity index (χ2v) is 14.5. The van der Waals surface area contributed by atoms with E-state index in [0.717, 1.165) is 89.7 Å². The van der Waals surface area contributed by atoms with Crippen LogP contribution in [0.25, 0.3) is 0 Å². The van der Waals surface area contributed by atoms with Crippen LogP contribution in [0.1, 0.15) is 104 Å². The van der Waals surface area contributed by atoms with Crippen LogP contribution in [0.2, 0.25) is 0 Å². The molecule has 47 heavy (non-hydrogen) atoms. The van der Waals surface area contributed by atoms with Gasteiger partial charge in [0, 0.05) is 57.5 Å². The number of urea groups is 1. The first kappa shape index (κ1) is 33.4. The number of rotatable bonds is 8. The minimum atomic E-state index is 0.0177. The van der Waals surface area contributed by atoms with Gasteiger partial charge in [-0.1, -0.05) is 30.3 Å². The van der Waals surface area contributed by atoms with Crippen LogP contribution in [0.5, 0.6) is 0 Å². The van der Waals surface area contributed by atoms with Gasteiger partial charge in [-0.25, -0.2) is 9.78 Å². The quantitative estimate of drug-likeness (QED) is 0.346. The number of carbonyl (C=O) groups excluding carboxylic acids is 2. The van der Waals surface area contributed by atoms with Crippen molar-refractivity contribution in [2.24, 2.45) is 5.92 Å². The van der Waals surface area contributed by atoms with Crippen LogP contribution < -0.4 is 0 Å². The van der Waals surface area contributed by atoms with E-state index in [4.69, 9.17) is 4.74 Å². The Hall–Kier alpha value is -3.48. The molecule has 3 amide bonds. The van der Waals surface area contributed by atoms with Gasteiger partial charge in [0.2, 0.25) is 0 Å². The van der Waals surface area contributed by atoms with E-state index in [1.165, 1.54) is 5.56 Å². The van der Waals surface area contributed by atoms with E-state index in [0.29, 0.717) is 42.1 Å². The molecule has 1 aromatic heterocycles. The number of pyridine rings is 1. The molecule has 3 aliphatic heterocycles. The summed E-state index contributed by atoms with van der Waals surface area (Å²) in [6, 6.07) is 14.9. The molecule has 0 spiro atoms. The van der Waals surface area contributed by atoms with Gasteiger partial charge in [-0.15, -0.1) is 0 Å². The number of nitrogens with zero attached hydrogens (tertiary/aromatic N) is 6. The van der Waals surface area contributed by atoms with Crippen molar-refractivity contribution in [2.45, 2.75) is 103 Å². The van der Waals surface area contributed by atoms with Crippen molar-refractivity contribution in [2.75, 3.05) is 45.9 Å². The SMILES string of the molecule is CCOC1CCC(CN2C[C@@H](c3ccccc3)N(C3CCN(C4(C)CCN(C(=O)c5c(C)cc(C#N)nc5C)CC4)CC3)C2=O)CC1. The molecule has 2 aromatic rings. The third-order valence-corrected chi connectivity index (χ3v) is 11.6. The molecule has 0 bridgehead atoms. The smallest absolute Gasteiger partial charge is 0.320 e. The fourth-order valence-corrected chi connectivity index (χ4v) is 8.77. The number of hydrogen-bond donors (Lipinski definition) is 0. The van der Waals surface area contributed by atoms with E-state index in [2.05, 4.69) is 69.9 Å². The molecule has 1 saturated carbocycles. The number of aromatic nitrogens is 1. The summed E-state index contributed by atoms with van der Waals surface area (Å²) < 4.78 is 5.88. The number of aryl methyl sites for hydroxylation is 2. The zero-order valence-corrected chi connectivity index (χ0v) is 28.8. The van der Waals surface area contributed by atoms with Crippen LogP contribution >= 0.6 is 0 Å². The van der Waals surface area contributed by atoms with E-state index in [-0.39, 0.29) is 29.6 Å². The van der Waals surface area contributed by atoms with Crippen molar-refractivity contribution >= 4 is 11.9 Å². The summed E-state index contributed by atoms with van der Waals surface area (Å²) in [7, 11) is 0. The summed E-state index contributed by atoms with van der Waals surface area (Å²) in [5, 5.41) is 9.26. The molecule has 0 N–H and O–H groups in total. The lowest BCUT2D eigenvalue weighted by Crippen LogP contribution is -2.58. The molecule has 1 atom stereocenters. The highest BCUT2D eigenvalue weighted by Gasteiger charge is 2.45. The predicted molar refractivity (Wildman–Crippen MR) is 182 cm³/mol. The van der Waals surface area contributed by atoms with Gasteiger partial charge in [-0.05, 0) is 102 Å². The Morgan fingerprint density at radius 1 is 1.02 bits per heavy atom. The maximum absolute atomic E-state index is 14.1. The first-order valence-corrected chi connectivity index (χ1v) is 17.9. The van der Waals surface area contributed by atoms with Crippen molar-refractivity contribution in [3.8, 4) is 6.07 Å². The summed E-state index contributed by atoms with van der Waals surface area (Å²) >= 11 is 0. The van der Waals surface area contributed by atoms with Gasteiger partial charge in [0.15, 0.2) is 0 Å². The zero-order valence-electron chi connectivity index (χ0n) is 28.8.